The smallest absolute Gasteiger partial charge is 0.251 e. The van der Waals surface area contributed by atoms with Crippen LogP contribution in [0.1, 0.15) is 30.1 Å². The van der Waals surface area contributed by atoms with Gasteiger partial charge in [0.05, 0.1) is 13.7 Å². The molecular weight excluding hydrogens is 246 g/mol. The minimum absolute atomic E-state index is 0.0469. The molecule has 0 bridgehead atoms. The highest BCUT2D eigenvalue weighted by molar-refractivity contribution is 5.94. The van der Waals surface area contributed by atoms with Crippen LogP contribution in [0.3, 0.4) is 0 Å². The second kappa shape index (κ2) is 8.37. The number of nitrogens with one attached hydrogen (secondary N) is 1. The molecule has 0 aliphatic carbocycles. The molecule has 0 heterocycles. The van der Waals surface area contributed by atoms with Crippen LogP contribution in [0.4, 0.5) is 0 Å². The highest BCUT2D eigenvalue weighted by Crippen LogP contribution is 2.25. The average molecular weight is 267 g/mol. The van der Waals surface area contributed by atoms with E-state index in [2.05, 4.69) is 12.2 Å². The van der Waals surface area contributed by atoms with Gasteiger partial charge in [-0.15, -0.1) is 0 Å². The summed E-state index contributed by atoms with van der Waals surface area (Å²) in [6.45, 7) is 3.76. The maximum Gasteiger partial charge on any atom is 0.251 e. The second-order valence-corrected chi connectivity index (χ2v) is 4.11. The Labute approximate surface area is 113 Å². The molecule has 5 heteroatoms. The molecule has 0 spiro atoms. The molecule has 1 aromatic carbocycles. The van der Waals surface area contributed by atoms with Gasteiger partial charge in [-0.05, 0) is 24.6 Å². The Morgan fingerprint density at radius 3 is 2.79 bits per heavy atom. The van der Waals surface area contributed by atoms with E-state index in [0.29, 0.717) is 24.5 Å². The molecule has 0 aliphatic rings. The van der Waals surface area contributed by atoms with Gasteiger partial charge in [0.25, 0.3) is 5.91 Å². The monoisotopic (exact) mass is 267 g/mol. The Morgan fingerprint density at radius 1 is 1.37 bits per heavy atom. The van der Waals surface area contributed by atoms with E-state index in [1.165, 1.54) is 13.2 Å². The van der Waals surface area contributed by atoms with Crippen LogP contribution in [0.25, 0.3) is 0 Å². The van der Waals surface area contributed by atoms with E-state index in [1.807, 2.05) is 0 Å². The molecule has 5 nitrogen and oxygen atoms in total. The van der Waals surface area contributed by atoms with Gasteiger partial charge >= 0.3 is 0 Å². The van der Waals surface area contributed by atoms with Crippen LogP contribution < -0.4 is 10.1 Å². The molecule has 0 atom stereocenters. The van der Waals surface area contributed by atoms with E-state index >= 15 is 0 Å². The number of hydrogen-bond donors (Lipinski definition) is 2. The van der Waals surface area contributed by atoms with Crippen LogP contribution in [-0.4, -0.2) is 37.9 Å². The summed E-state index contributed by atoms with van der Waals surface area (Å²) in [7, 11) is 1.46. The first-order valence-electron chi connectivity index (χ1n) is 6.42. The molecule has 0 saturated heterocycles. The van der Waals surface area contributed by atoms with E-state index in [0.717, 1.165) is 19.4 Å². The van der Waals surface area contributed by atoms with Crippen molar-refractivity contribution in [2.75, 3.05) is 26.9 Å². The lowest BCUT2D eigenvalue weighted by Gasteiger charge is -2.08. The molecule has 1 rings (SSSR count). The number of carbonyl (C=O) groups excluding carboxylic acids is 1. The number of carbonyl (C=O) groups is 1. The first kappa shape index (κ1) is 15.3. The van der Waals surface area contributed by atoms with Gasteiger partial charge < -0.3 is 19.9 Å². The van der Waals surface area contributed by atoms with Crippen molar-refractivity contribution in [2.24, 2.45) is 0 Å². The van der Waals surface area contributed by atoms with Crippen LogP contribution in [0.2, 0.25) is 0 Å². The van der Waals surface area contributed by atoms with Crippen LogP contribution in [-0.2, 0) is 4.74 Å². The van der Waals surface area contributed by atoms with Crippen molar-refractivity contribution < 1.29 is 19.4 Å². The third-order valence-corrected chi connectivity index (χ3v) is 2.62. The number of phenolic OH excluding ortho intramolecular Hbond substituents is 1. The van der Waals surface area contributed by atoms with Crippen molar-refractivity contribution in [1.82, 2.24) is 5.32 Å². The van der Waals surface area contributed by atoms with Gasteiger partial charge in [-0.1, -0.05) is 13.3 Å². The average Bonchev–Trinajstić information content (AvgIpc) is 2.42. The quantitative estimate of drug-likeness (QED) is 0.706. The summed E-state index contributed by atoms with van der Waals surface area (Å²) in [6.07, 6.45) is 2.12. The molecular formula is C14H21NO4. The maximum atomic E-state index is 11.8. The van der Waals surface area contributed by atoms with Crippen LogP contribution in [0, 0.1) is 0 Å². The zero-order valence-electron chi connectivity index (χ0n) is 11.4. The number of unbranched alkanes of at least 4 members (excludes halogenated alkanes) is 1. The normalized spacial score (nSPS) is 10.2. The predicted molar refractivity (Wildman–Crippen MR) is 72.7 cm³/mol. The number of ether oxygens (including phenoxy) is 2. The van der Waals surface area contributed by atoms with Crippen molar-refractivity contribution in [3.05, 3.63) is 23.8 Å². The molecule has 0 aromatic heterocycles. The highest BCUT2D eigenvalue weighted by Gasteiger charge is 2.08. The third kappa shape index (κ3) is 5.18. The highest BCUT2D eigenvalue weighted by atomic mass is 16.5. The summed E-state index contributed by atoms with van der Waals surface area (Å²) in [5.74, 6) is 0.0610. The molecule has 0 aliphatic heterocycles. The van der Waals surface area contributed by atoms with Gasteiger partial charge in [-0.3, -0.25) is 4.79 Å². The molecule has 0 saturated carbocycles. The predicted octanol–water partition coefficient (Wildman–Crippen LogP) is 1.95. The van der Waals surface area contributed by atoms with Gasteiger partial charge in [0, 0.05) is 18.7 Å². The number of aromatic hydroxyl groups is 1. The van der Waals surface area contributed by atoms with Crippen molar-refractivity contribution in [1.29, 1.82) is 0 Å². The maximum absolute atomic E-state index is 11.8. The Balaban J connectivity index is 2.35. The summed E-state index contributed by atoms with van der Waals surface area (Å²) in [5.41, 5.74) is 0.395. The van der Waals surface area contributed by atoms with Gasteiger partial charge in [-0.2, -0.15) is 0 Å². The number of methoxy groups -OCH3 is 1. The van der Waals surface area contributed by atoms with E-state index in [1.54, 1.807) is 12.1 Å². The zero-order valence-corrected chi connectivity index (χ0v) is 11.4. The lowest BCUT2D eigenvalue weighted by molar-refractivity contribution is 0.0912. The Hall–Kier alpha value is -1.75. The minimum Gasteiger partial charge on any atom is -0.504 e. The lowest BCUT2D eigenvalue weighted by Crippen LogP contribution is -2.27. The summed E-state index contributed by atoms with van der Waals surface area (Å²) < 4.78 is 10.3. The summed E-state index contributed by atoms with van der Waals surface area (Å²) in [5, 5.41) is 12.3. The fourth-order valence-corrected chi connectivity index (χ4v) is 1.52. The summed E-state index contributed by atoms with van der Waals surface area (Å²) in [6, 6.07) is 4.54. The third-order valence-electron chi connectivity index (χ3n) is 2.62. The van der Waals surface area contributed by atoms with Crippen LogP contribution >= 0.6 is 0 Å². The Morgan fingerprint density at radius 2 is 2.16 bits per heavy atom. The minimum atomic E-state index is -0.239. The van der Waals surface area contributed by atoms with Crippen molar-refractivity contribution in [2.45, 2.75) is 19.8 Å². The van der Waals surface area contributed by atoms with E-state index in [-0.39, 0.29) is 11.7 Å². The topological polar surface area (TPSA) is 67.8 Å². The molecule has 19 heavy (non-hydrogen) atoms. The first-order chi connectivity index (χ1) is 9.19. The fourth-order valence-electron chi connectivity index (χ4n) is 1.52. The molecule has 0 radical (unpaired) electrons. The number of phenols is 1. The lowest BCUT2D eigenvalue weighted by atomic mass is 10.2. The number of rotatable bonds is 8. The summed E-state index contributed by atoms with van der Waals surface area (Å²) >= 11 is 0. The number of hydrogen-bond acceptors (Lipinski definition) is 4. The van der Waals surface area contributed by atoms with Gasteiger partial charge in [0.2, 0.25) is 0 Å². The fraction of sp³-hybridized carbons (Fsp3) is 0.500. The molecule has 2 N–H and O–H groups in total. The number of amides is 1. The van der Waals surface area contributed by atoms with Crippen molar-refractivity contribution in [3.8, 4) is 11.5 Å². The van der Waals surface area contributed by atoms with Crippen molar-refractivity contribution in [3.63, 3.8) is 0 Å². The van der Waals surface area contributed by atoms with Gasteiger partial charge in [-0.25, -0.2) is 0 Å². The standard InChI is InChI=1S/C14H21NO4/c1-3-4-8-19-9-7-15-14(17)11-5-6-13(18-2)12(16)10-11/h5-6,10,16H,3-4,7-9H2,1-2H3,(H,15,17). The van der Waals surface area contributed by atoms with Gasteiger partial charge in [0.1, 0.15) is 0 Å². The molecule has 106 valence electrons. The van der Waals surface area contributed by atoms with Crippen LogP contribution in [0.5, 0.6) is 11.5 Å². The second-order valence-electron chi connectivity index (χ2n) is 4.11. The molecule has 1 aromatic rings. The van der Waals surface area contributed by atoms with E-state index in [4.69, 9.17) is 9.47 Å². The zero-order chi connectivity index (χ0) is 14.1. The largest absolute Gasteiger partial charge is 0.504 e. The Bertz CT molecular complexity index is 406. The SMILES string of the molecule is CCCCOCCNC(=O)c1ccc(OC)c(O)c1. The number of benzene rings is 1. The molecule has 0 fully saturated rings. The van der Waals surface area contributed by atoms with Gasteiger partial charge in [0.15, 0.2) is 11.5 Å². The Kier molecular flexibility index (Phi) is 6.74. The van der Waals surface area contributed by atoms with E-state index < -0.39 is 0 Å². The molecule has 0 unspecified atom stereocenters. The first-order valence-corrected chi connectivity index (χ1v) is 6.42. The van der Waals surface area contributed by atoms with Crippen LogP contribution in [0.15, 0.2) is 18.2 Å². The van der Waals surface area contributed by atoms with Crippen molar-refractivity contribution >= 4 is 5.91 Å². The summed E-state index contributed by atoms with van der Waals surface area (Å²) in [4.78, 5) is 11.8. The van der Waals surface area contributed by atoms with E-state index in [9.17, 15) is 9.90 Å². The molecule has 1 amide bonds.